The molecule has 0 bridgehead atoms. The van der Waals surface area contributed by atoms with Crippen LogP contribution >= 0.6 is 0 Å². The van der Waals surface area contributed by atoms with Crippen molar-refractivity contribution in [2.75, 3.05) is 26.7 Å². The van der Waals surface area contributed by atoms with E-state index in [-0.39, 0.29) is 22.6 Å². The fraction of sp³-hybridized carbons (Fsp3) is 0.462. The Balaban J connectivity index is 1.32. The number of nitrogens with one attached hydrogen (secondary N) is 1. The first-order valence-corrected chi connectivity index (χ1v) is 13.5. The number of benzene rings is 2. The highest BCUT2D eigenvalue weighted by Gasteiger charge is 2.39. The molecule has 0 aliphatic carbocycles. The van der Waals surface area contributed by atoms with Gasteiger partial charge in [0, 0.05) is 32.1 Å². The lowest BCUT2D eigenvalue weighted by atomic mass is 9.96. The molecule has 2 heterocycles. The van der Waals surface area contributed by atoms with Crippen LogP contribution in [0.25, 0.3) is 0 Å². The van der Waals surface area contributed by atoms with Crippen LogP contribution < -0.4 is 10.1 Å². The lowest BCUT2D eigenvalue weighted by Crippen LogP contribution is -2.49. The molecule has 2 amide bonds. The first kappa shape index (κ1) is 25.2. The third-order valence-corrected chi connectivity index (χ3v) is 8.84. The van der Waals surface area contributed by atoms with E-state index in [1.807, 2.05) is 31.2 Å². The van der Waals surface area contributed by atoms with Crippen molar-refractivity contribution in [2.45, 2.75) is 50.1 Å². The summed E-state index contributed by atoms with van der Waals surface area (Å²) in [5.41, 5.74) is 1.96. The van der Waals surface area contributed by atoms with Gasteiger partial charge in [-0.05, 0) is 62.4 Å². The van der Waals surface area contributed by atoms with Crippen LogP contribution in [0.5, 0.6) is 5.75 Å². The van der Waals surface area contributed by atoms with E-state index in [4.69, 9.17) is 4.74 Å². The van der Waals surface area contributed by atoms with Crippen LogP contribution in [0, 0.1) is 12.8 Å². The number of piperidine rings is 1. The van der Waals surface area contributed by atoms with Gasteiger partial charge in [-0.3, -0.25) is 9.59 Å². The maximum atomic E-state index is 13.3. The number of aryl methyl sites for hydroxylation is 1. The van der Waals surface area contributed by atoms with Crippen molar-refractivity contribution in [3.8, 4) is 5.75 Å². The summed E-state index contributed by atoms with van der Waals surface area (Å²) in [4.78, 5) is 28.1. The highest BCUT2D eigenvalue weighted by molar-refractivity contribution is 7.89. The average molecular weight is 500 g/mol. The molecule has 0 saturated carbocycles. The number of rotatable bonds is 7. The number of amides is 2. The van der Waals surface area contributed by atoms with E-state index in [0.29, 0.717) is 45.4 Å². The Hall–Kier alpha value is -2.91. The number of hydrogen-bond acceptors (Lipinski definition) is 5. The third-order valence-electron chi connectivity index (χ3n) is 6.93. The van der Waals surface area contributed by atoms with E-state index >= 15 is 0 Å². The highest BCUT2D eigenvalue weighted by Crippen LogP contribution is 2.28. The Labute approximate surface area is 207 Å². The van der Waals surface area contributed by atoms with Gasteiger partial charge in [0.15, 0.2) is 0 Å². The molecule has 2 fully saturated rings. The Kier molecular flexibility index (Phi) is 7.76. The number of ether oxygens (including phenoxy) is 1. The molecule has 0 spiro atoms. The highest BCUT2D eigenvalue weighted by atomic mass is 32.2. The summed E-state index contributed by atoms with van der Waals surface area (Å²) in [5.74, 6) is 0.297. The lowest BCUT2D eigenvalue weighted by Gasteiger charge is -2.34. The first-order chi connectivity index (χ1) is 16.8. The molecule has 2 aromatic carbocycles. The van der Waals surface area contributed by atoms with Crippen molar-refractivity contribution in [1.29, 1.82) is 0 Å². The molecule has 188 valence electrons. The molecule has 2 aliphatic heterocycles. The summed E-state index contributed by atoms with van der Waals surface area (Å²) in [5, 5.41) is 2.95. The maximum Gasteiger partial charge on any atom is 0.243 e. The minimum Gasteiger partial charge on any atom is -0.497 e. The van der Waals surface area contributed by atoms with Crippen LogP contribution in [0.2, 0.25) is 0 Å². The Morgan fingerprint density at radius 3 is 2.26 bits per heavy atom. The second-order valence-corrected chi connectivity index (χ2v) is 11.2. The molecule has 1 atom stereocenters. The number of likely N-dealkylation sites (tertiary alicyclic amines) is 1. The van der Waals surface area contributed by atoms with E-state index in [0.717, 1.165) is 23.3 Å². The van der Waals surface area contributed by atoms with Gasteiger partial charge in [-0.1, -0.05) is 29.8 Å². The molecule has 4 rings (SSSR count). The molecule has 8 nitrogen and oxygen atoms in total. The predicted octanol–water partition coefficient (Wildman–Crippen LogP) is 2.71. The van der Waals surface area contributed by atoms with Gasteiger partial charge in [-0.25, -0.2) is 8.42 Å². The number of hydrogen-bond donors (Lipinski definition) is 1. The number of methoxy groups -OCH3 is 1. The standard InChI is InChI=1S/C26H33N3O5S/c1-19-5-11-23(12-6-19)35(32,33)28-16-13-21(14-17-28)26(31)29-15-3-4-24(29)25(30)27-18-20-7-9-22(34-2)10-8-20/h5-12,21,24H,3-4,13-18H2,1-2H3,(H,27,30)/t24-/m0/s1. The largest absolute Gasteiger partial charge is 0.497 e. The number of carbonyl (C=O) groups excluding carboxylic acids is 2. The normalized spacial score (nSPS) is 19.5. The van der Waals surface area contributed by atoms with Gasteiger partial charge < -0.3 is 15.0 Å². The maximum absolute atomic E-state index is 13.3. The third kappa shape index (κ3) is 5.67. The van der Waals surface area contributed by atoms with Crippen molar-refractivity contribution < 1.29 is 22.7 Å². The van der Waals surface area contributed by atoms with Crippen LogP contribution in [0.15, 0.2) is 53.4 Å². The molecule has 9 heteroatoms. The smallest absolute Gasteiger partial charge is 0.243 e. The van der Waals surface area contributed by atoms with E-state index < -0.39 is 16.1 Å². The zero-order chi connectivity index (χ0) is 25.0. The average Bonchev–Trinajstić information content (AvgIpc) is 3.37. The number of carbonyl (C=O) groups is 2. The molecule has 1 N–H and O–H groups in total. The van der Waals surface area contributed by atoms with Gasteiger partial charge in [-0.2, -0.15) is 4.31 Å². The summed E-state index contributed by atoms with van der Waals surface area (Å²) >= 11 is 0. The summed E-state index contributed by atoms with van der Waals surface area (Å²) in [6.07, 6.45) is 2.34. The van der Waals surface area contributed by atoms with E-state index in [1.165, 1.54) is 4.31 Å². The number of sulfonamides is 1. The molecular formula is C26H33N3O5S. The van der Waals surface area contributed by atoms with Crippen molar-refractivity contribution in [2.24, 2.45) is 5.92 Å². The topological polar surface area (TPSA) is 96.0 Å². The summed E-state index contributed by atoms with van der Waals surface area (Å²) < 4.78 is 32.6. The van der Waals surface area contributed by atoms with Crippen LogP contribution in [-0.4, -0.2) is 62.2 Å². The van der Waals surface area contributed by atoms with Gasteiger partial charge in [0.2, 0.25) is 21.8 Å². The lowest BCUT2D eigenvalue weighted by molar-refractivity contribution is -0.142. The molecule has 2 aliphatic rings. The minimum atomic E-state index is -3.57. The van der Waals surface area contributed by atoms with E-state index in [9.17, 15) is 18.0 Å². The van der Waals surface area contributed by atoms with Crippen molar-refractivity contribution >= 4 is 21.8 Å². The zero-order valence-electron chi connectivity index (χ0n) is 20.3. The summed E-state index contributed by atoms with van der Waals surface area (Å²) in [7, 11) is -1.97. The zero-order valence-corrected chi connectivity index (χ0v) is 21.1. The molecule has 35 heavy (non-hydrogen) atoms. The fourth-order valence-electron chi connectivity index (χ4n) is 4.79. The van der Waals surface area contributed by atoms with Crippen molar-refractivity contribution in [3.05, 3.63) is 59.7 Å². The molecule has 0 unspecified atom stereocenters. The second-order valence-electron chi connectivity index (χ2n) is 9.25. The van der Waals surface area contributed by atoms with E-state index in [1.54, 1.807) is 36.3 Å². The summed E-state index contributed by atoms with van der Waals surface area (Å²) in [6, 6.07) is 13.8. The SMILES string of the molecule is COc1ccc(CNC(=O)[C@@H]2CCCN2C(=O)C2CCN(S(=O)(=O)c3ccc(C)cc3)CC2)cc1. The van der Waals surface area contributed by atoms with Gasteiger partial charge >= 0.3 is 0 Å². The molecule has 0 radical (unpaired) electrons. The Bertz CT molecular complexity index is 1140. The van der Waals surface area contributed by atoms with Crippen LogP contribution in [0.3, 0.4) is 0 Å². The molecular weight excluding hydrogens is 466 g/mol. The van der Waals surface area contributed by atoms with Crippen LogP contribution in [0.1, 0.15) is 36.8 Å². The second kappa shape index (κ2) is 10.8. The van der Waals surface area contributed by atoms with Crippen molar-refractivity contribution in [3.63, 3.8) is 0 Å². The van der Waals surface area contributed by atoms with Crippen molar-refractivity contribution in [1.82, 2.24) is 14.5 Å². The van der Waals surface area contributed by atoms with Crippen LogP contribution in [-0.2, 0) is 26.2 Å². The first-order valence-electron chi connectivity index (χ1n) is 12.1. The minimum absolute atomic E-state index is 0.0421. The fourth-order valence-corrected chi connectivity index (χ4v) is 6.26. The Morgan fingerprint density at radius 2 is 1.63 bits per heavy atom. The Morgan fingerprint density at radius 1 is 0.971 bits per heavy atom. The van der Waals surface area contributed by atoms with Gasteiger partial charge in [-0.15, -0.1) is 0 Å². The monoisotopic (exact) mass is 499 g/mol. The summed E-state index contributed by atoms with van der Waals surface area (Å²) in [6.45, 7) is 3.46. The predicted molar refractivity (Wildman–Crippen MR) is 132 cm³/mol. The van der Waals surface area contributed by atoms with Gasteiger partial charge in [0.05, 0.1) is 12.0 Å². The van der Waals surface area contributed by atoms with Gasteiger partial charge in [0.1, 0.15) is 11.8 Å². The van der Waals surface area contributed by atoms with Crippen LogP contribution in [0.4, 0.5) is 0 Å². The number of nitrogens with zero attached hydrogens (tertiary/aromatic N) is 2. The van der Waals surface area contributed by atoms with Gasteiger partial charge in [0.25, 0.3) is 0 Å². The van der Waals surface area contributed by atoms with E-state index in [2.05, 4.69) is 5.32 Å². The molecule has 0 aromatic heterocycles. The molecule has 2 saturated heterocycles. The molecule has 2 aromatic rings. The quantitative estimate of drug-likeness (QED) is 0.632.